The zero-order valence-electron chi connectivity index (χ0n) is 14.9. The molecule has 0 spiro atoms. The summed E-state index contributed by atoms with van der Waals surface area (Å²) in [6.07, 6.45) is 1.63. The van der Waals surface area contributed by atoms with Crippen molar-refractivity contribution in [2.75, 3.05) is 16.8 Å². The number of nitrogens with one attached hydrogen (secondary N) is 1. The summed E-state index contributed by atoms with van der Waals surface area (Å²) >= 11 is 0. The maximum Gasteiger partial charge on any atom is 0.252 e. The van der Waals surface area contributed by atoms with Crippen LogP contribution in [0, 0.1) is 0 Å². The lowest BCUT2D eigenvalue weighted by atomic mass is 10.2. The number of amides is 3. The summed E-state index contributed by atoms with van der Waals surface area (Å²) in [5.41, 5.74) is 2.56. The molecule has 2 aliphatic rings. The molecule has 0 saturated carbocycles. The number of nitrogens with zero attached hydrogens (tertiary/aromatic N) is 2. The largest absolute Gasteiger partial charge is 0.373 e. The van der Waals surface area contributed by atoms with Crippen molar-refractivity contribution in [1.82, 2.24) is 4.90 Å². The number of likely N-dealkylation sites (tertiary alicyclic amines) is 1. The Balaban J connectivity index is 1.41. The normalized spacial score (nSPS) is 19.9. The van der Waals surface area contributed by atoms with Gasteiger partial charge in [-0.15, -0.1) is 0 Å². The van der Waals surface area contributed by atoms with Crippen molar-refractivity contribution in [3.05, 3.63) is 60.2 Å². The molecule has 6 heteroatoms. The summed E-state index contributed by atoms with van der Waals surface area (Å²) in [4.78, 5) is 39.8. The van der Waals surface area contributed by atoms with Crippen LogP contribution >= 0.6 is 0 Å². The molecule has 2 fully saturated rings. The van der Waals surface area contributed by atoms with E-state index in [9.17, 15) is 14.4 Å². The molecule has 6 nitrogen and oxygen atoms in total. The summed E-state index contributed by atoms with van der Waals surface area (Å²) in [6, 6.07) is 16.4. The standard InChI is InChI=1S/C21H21N3O3/c25-19-7-4-12-23(19)17-10-8-16(9-11-17)22-18-13-20(26)24(21(18)27)14-15-5-2-1-3-6-15/h1-3,5-6,8-11,18,22H,4,7,12-14H2/t18-/m0/s1. The third kappa shape index (κ3) is 3.56. The van der Waals surface area contributed by atoms with Gasteiger partial charge in [0.15, 0.2) is 0 Å². The fourth-order valence-corrected chi connectivity index (χ4v) is 3.59. The van der Waals surface area contributed by atoms with E-state index >= 15 is 0 Å². The van der Waals surface area contributed by atoms with E-state index in [2.05, 4.69) is 5.32 Å². The Morgan fingerprint density at radius 1 is 0.926 bits per heavy atom. The Kier molecular flexibility index (Phi) is 4.62. The second-order valence-corrected chi connectivity index (χ2v) is 6.90. The lowest BCUT2D eigenvalue weighted by molar-refractivity contribution is -0.139. The minimum Gasteiger partial charge on any atom is -0.373 e. The van der Waals surface area contributed by atoms with Crippen LogP contribution in [0.4, 0.5) is 11.4 Å². The Morgan fingerprint density at radius 2 is 1.67 bits per heavy atom. The molecule has 2 aromatic rings. The van der Waals surface area contributed by atoms with Crippen molar-refractivity contribution in [2.45, 2.75) is 31.8 Å². The van der Waals surface area contributed by atoms with E-state index in [1.807, 2.05) is 54.6 Å². The van der Waals surface area contributed by atoms with Crippen molar-refractivity contribution in [1.29, 1.82) is 0 Å². The van der Waals surface area contributed by atoms with Crippen molar-refractivity contribution in [2.24, 2.45) is 0 Å². The van der Waals surface area contributed by atoms with E-state index in [4.69, 9.17) is 0 Å². The molecule has 0 bridgehead atoms. The Hall–Kier alpha value is -3.15. The molecule has 1 N–H and O–H groups in total. The summed E-state index contributed by atoms with van der Waals surface area (Å²) in [5.74, 6) is -0.230. The van der Waals surface area contributed by atoms with Crippen LogP contribution in [0.15, 0.2) is 54.6 Å². The molecule has 1 atom stereocenters. The van der Waals surface area contributed by atoms with Gasteiger partial charge >= 0.3 is 0 Å². The number of hydrogen-bond acceptors (Lipinski definition) is 4. The highest BCUT2D eigenvalue weighted by Crippen LogP contribution is 2.25. The van der Waals surface area contributed by atoms with Crippen LogP contribution in [0.3, 0.4) is 0 Å². The predicted molar refractivity (Wildman–Crippen MR) is 102 cm³/mol. The Bertz CT molecular complexity index is 864. The van der Waals surface area contributed by atoms with Crippen molar-refractivity contribution in [3.63, 3.8) is 0 Å². The van der Waals surface area contributed by atoms with E-state index in [-0.39, 0.29) is 24.1 Å². The lowest BCUT2D eigenvalue weighted by Crippen LogP contribution is -2.34. The monoisotopic (exact) mass is 363 g/mol. The predicted octanol–water partition coefficient (Wildman–Crippen LogP) is 2.55. The summed E-state index contributed by atoms with van der Waals surface area (Å²) in [6.45, 7) is 1.04. The Morgan fingerprint density at radius 3 is 2.33 bits per heavy atom. The third-order valence-electron chi connectivity index (χ3n) is 5.02. The van der Waals surface area contributed by atoms with Crippen molar-refractivity contribution < 1.29 is 14.4 Å². The first-order valence-corrected chi connectivity index (χ1v) is 9.17. The van der Waals surface area contributed by atoms with Crippen molar-refractivity contribution in [3.8, 4) is 0 Å². The summed E-state index contributed by atoms with van der Waals surface area (Å²) < 4.78 is 0. The smallest absolute Gasteiger partial charge is 0.252 e. The van der Waals surface area contributed by atoms with Crippen LogP contribution < -0.4 is 10.2 Å². The highest BCUT2D eigenvalue weighted by atomic mass is 16.2. The second kappa shape index (κ2) is 7.23. The van der Waals surface area contributed by atoms with Gasteiger partial charge in [-0.2, -0.15) is 0 Å². The molecular formula is C21H21N3O3. The van der Waals surface area contributed by atoms with Gasteiger partial charge in [0, 0.05) is 24.3 Å². The second-order valence-electron chi connectivity index (χ2n) is 6.90. The maximum atomic E-state index is 12.6. The molecule has 2 aliphatic heterocycles. The van der Waals surface area contributed by atoms with Gasteiger partial charge in [0.1, 0.15) is 6.04 Å². The highest BCUT2D eigenvalue weighted by Gasteiger charge is 2.38. The van der Waals surface area contributed by atoms with Gasteiger partial charge in [-0.3, -0.25) is 19.3 Å². The molecule has 138 valence electrons. The van der Waals surface area contributed by atoms with Crippen LogP contribution in [0.2, 0.25) is 0 Å². The van der Waals surface area contributed by atoms with Gasteiger partial charge in [0.25, 0.3) is 5.91 Å². The fourth-order valence-electron chi connectivity index (χ4n) is 3.59. The van der Waals surface area contributed by atoms with Gasteiger partial charge in [-0.1, -0.05) is 30.3 Å². The number of imide groups is 1. The average Bonchev–Trinajstić information content (AvgIpc) is 3.22. The number of carbonyl (C=O) groups is 3. The fraction of sp³-hybridized carbons (Fsp3) is 0.286. The highest BCUT2D eigenvalue weighted by molar-refractivity contribution is 6.06. The number of rotatable bonds is 5. The molecule has 2 saturated heterocycles. The van der Waals surface area contributed by atoms with Crippen LogP contribution in [-0.2, 0) is 20.9 Å². The first kappa shape index (κ1) is 17.3. The Labute approximate surface area is 157 Å². The van der Waals surface area contributed by atoms with E-state index in [0.29, 0.717) is 13.0 Å². The summed E-state index contributed by atoms with van der Waals surface area (Å²) in [5, 5.41) is 3.15. The van der Waals surface area contributed by atoms with Gasteiger partial charge in [-0.25, -0.2) is 0 Å². The first-order chi connectivity index (χ1) is 13.1. The van der Waals surface area contributed by atoms with Crippen LogP contribution in [0.5, 0.6) is 0 Å². The number of carbonyl (C=O) groups excluding carboxylic acids is 3. The molecule has 27 heavy (non-hydrogen) atoms. The van der Waals surface area contributed by atoms with Gasteiger partial charge in [0.05, 0.1) is 13.0 Å². The minimum atomic E-state index is -0.555. The molecular weight excluding hydrogens is 342 g/mol. The van der Waals surface area contributed by atoms with E-state index in [0.717, 1.165) is 29.9 Å². The third-order valence-corrected chi connectivity index (χ3v) is 5.02. The van der Waals surface area contributed by atoms with Gasteiger partial charge < -0.3 is 10.2 Å². The van der Waals surface area contributed by atoms with E-state index < -0.39 is 6.04 Å². The number of hydrogen-bond donors (Lipinski definition) is 1. The molecule has 2 heterocycles. The summed E-state index contributed by atoms with van der Waals surface area (Å²) in [7, 11) is 0. The maximum absolute atomic E-state index is 12.6. The molecule has 4 rings (SSSR count). The average molecular weight is 363 g/mol. The molecule has 0 aliphatic carbocycles. The molecule has 0 radical (unpaired) electrons. The zero-order valence-corrected chi connectivity index (χ0v) is 14.9. The number of anilines is 2. The quantitative estimate of drug-likeness (QED) is 0.829. The number of benzene rings is 2. The molecule has 3 amide bonds. The molecule has 0 aromatic heterocycles. The molecule has 2 aromatic carbocycles. The SMILES string of the molecule is O=C1C[C@H](Nc2ccc(N3CCCC3=O)cc2)C(=O)N1Cc1ccccc1. The zero-order chi connectivity index (χ0) is 18.8. The van der Waals surface area contributed by atoms with Crippen LogP contribution in [0.1, 0.15) is 24.8 Å². The first-order valence-electron chi connectivity index (χ1n) is 9.17. The van der Waals surface area contributed by atoms with Crippen molar-refractivity contribution >= 4 is 29.1 Å². The molecule has 0 unspecified atom stereocenters. The lowest BCUT2D eigenvalue weighted by Gasteiger charge is -2.18. The minimum absolute atomic E-state index is 0.142. The van der Waals surface area contributed by atoms with Crippen LogP contribution in [-0.4, -0.2) is 35.2 Å². The van der Waals surface area contributed by atoms with E-state index in [1.165, 1.54) is 4.90 Å². The topological polar surface area (TPSA) is 69.7 Å². The van der Waals surface area contributed by atoms with E-state index in [1.54, 1.807) is 4.90 Å². The van der Waals surface area contributed by atoms with Gasteiger partial charge in [0.2, 0.25) is 11.8 Å². The van der Waals surface area contributed by atoms with Crippen LogP contribution in [0.25, 0.3) is 0 Å². The van der Waals surface area contributed by atoms with Gasteiger partial charge in [-0.05, 0) is 36.2 Å².